The van der Waals surface area contributed by atoms with E-state index < -0.39 is 0 Å². The summed E-state index contributed by atoms with van der Waals surface area (Å²) in [5, 5.41) is 0. The number of hydrogen-bond donors (Lipinski definition) is 1. The number of rotatable bonds is 7. The van der Waals surface area contributed by atoms with Crippen molar-refractivity contribution in [3.63, 3.8) is 0 Å². The molecular weight excluding hydrogens is 238 g/mol. The molecule has 1 aromatic rings. The number of ether oxygens (including phenoxy) is 1. The fourth-order valence-electron chi connectivity index (χ4n) is 2.42. The van der Waals surface area contributed by atoms with E-state index in [2.05, 4.69) is 22.9 Å². The first-order chi connectivity index (χ1) is 9.13. The molecule has 1 aliphatic rings. The molecule has 0 spiro atoms. The Bertz CT molecular complexity index is 404. The van der Waals surface area contributed by atoms with Crippen molar-refractivity contribution >= 4 is 5.82 Å². The summed E-state index contributed by atoms with van der Waals surface area (Å²) in [4.78, 5) is 6.88. The Morgan fingerprint density at radius 1 is 1.47 bits per heavy atom. The molecule has 0 amide bonds. The molecule has 1 saturated carbocycles. The molecule has 106 valence electrons. The third-order valence-electron chi connectivity index (χ3n) is 3.92. The van der Waals surface area contributed by atoms with Gasteiger partial charge in [-0.15, -0.1) is 0 Å². The zero-order valence-electron chi connectivity index (χ0n) is 12.2. The third kappa shape index (κ3) is 3.67. The number of nitrogens with two attached hydrogens (primary N) is 1. The maximum atomic E-state index is 5.96. The molecule has 1 unspecified atom stereocenters. The molecule has 2 N–H and O–H groups in total. The van der Waals surface area contributed by atoms with Gasteiger partial charge in [-0.05, 0) is 50.3 Å². The van der Waals surface area contributed by atoms with E-state index in [1.807, 2.05) is 19.2 Å². The summed E-state index contributed by atoms with van der Waals surface area (Å²) in [5.74, 6) is 1.82. The van der Waals surface area contributed by atoms with Crippen LogP contribution in [0, 0.1) is 5.92 Å². The van der Waals surface area contributed by atoms with Crippen LogP contribution in [-0.2, 0) is 4.74 Å². The molecule has 0 bridgehead atoms. The summed E-state index contributed by atoms with van der Waals surface area (Å²) >= 11 is 0. The van der Waals surface area contributed by atoms with E-state index in [1.165, 1.54) is 12.8 Å². The second-order valence-electron chi connectivity index (χ2n) is 5.50. The van der Waals surface area contributed by atoms with Gasteiger partial charge in [-0.2, -0.15) is 0 Å². The van der Waals surface area contributed by atoms with Gasteiger partial charge in [0.25, 0.3) is 0 Å². The molecule has 4 nitrogen and oxygen atoms in total. The lowest BCUT2D eigenvalue weighted by Gasteiger charge is -2.30. The van der Waals surface area contributed by atoms with Crippen molar-refractivity contribution < 1.29 is 4.74 Å². The zero-order chi connectivity index (χ0) is 13.8. The Morgan fingerprint density at radius 3 is 2.79 bits per heavy atom. The molecule has 19 heavy (non-hydrogen) atoms. The number of methoxy groups -OCH3 is 1. The molecule has 0 saturated heterocycles. The van der Waals surface area contributed by atoms with E-state index in [0.29, 0.717) is 6.04 Å². The number of hydrogen-bond acceptors (Lipinski definition) is 4. The van der Waals surface area contributed by atoms with Gasteiger partial charge in [0.15, 0.2) is 0 Å². The van der Waals surface area contributed by atoms with Crippen molar-refractivity contribution in [2.75, 3.05) is 25.2 Å². The van der Waals surface area contributed by atoms with Crippen molar-refractivity contribution in [3.8, 4) is 0 Å². The van der Waals surface area contributed by atoms with Crippen LogP contribution in [-0.4, -0.2) is 31.3 Å². The summed E-state index contributed by atoms with van der Waals surface area (Å²) in [7, 11) is 1.74. The van der Waals surface area contributed by atoms with Crippen LogP contribution in [0.5, 0.6) is 0 Å². The molecule has 2 atom stereocenters. The average Bonchev–Trinajstić information content (AvgIpc) is 3.23. The maximum absolute atomic E-state index is 5.96. The number of aromatic nitrogens is 1. The lowest BCUT2D eigenvalue weighted by atomic mass is 10.1. The topological polar surface area (TPSA) is 51.4 Å². The lowest BCUT2D eigenvalue weighted by molar-refractivity contribution is 0.202. The Morgan fingerprint density at radius 2 is 2.21 bits per heavy atom. The second kappa shape index (κ2) is 6.35. The highest BCUT2D eigenvalue weighted by molar-refractivity contribution is 5.43. The summed E-state index contributed by atoms with van der Waals surface area (Å²) in [5.41, 5.74) is 7.09. The molecule has 1 heterocycles. The molecule has 2 rings (SSSR count). The van der Waals surface area contributed by atoms with Gasteiger partial charge in [0.2, 0.25) is 0 Å². The molecule has 1 aromatic heterocycles. The van der Waals surface area contributed by atoms with Crippen molar-refractivity contribution in [1.82, 2.24) is 4.98 Å². The van der Waals surface area contributed by atoms with Crippen LogP contribution in [0.1, 0.15) is 38.3 Å². The Kier molecular flexibility index (Phi) is 4.77. The van der Waals surface area contributed by atoms with Gasteiger partial charge in [0, 0.05) is 31.9 Å². The Hall–Kier alpha value is -1.13. The maximum Gasteiger partial charge on any atom is 0.129 e. The van der Waals surface area contributed by atoms with Crippen molar-refractivity contribution in [1.29, 1.82) is 0 Å². The van der Waals surface area contributed by atoms with E-state index in [-0.39, 0.29) is 6.04 Å². The fraction of sp³-hybridized carbons (Fsp3) is 0.667. The first-order valence-electron chi connectivity index (χ1n) is 7.10. The van der Waals surface area contributed by atoms with Gasteiger partial charge in [-0.25, -0.2) is 4.98 Å². The van der Waals surface area contributed by atoms with Crippen LogP contribution in [0.4, 0.5) is 5.82 Å². The SMILES string of the molecule is COCCN(c1cc([C@H](C)N)ccn1)C(C)C1CC1. The summed E-state index contributed by atoms with van der Waals surface area (Å²) in [6.45, 7) is 5.89. The van der Waals surface area contributed by atoms with Crippen LogP contribution in [0.15, 0.2) is 18.3 Å². The minimum absolute atomic E-state index is 0.0438. The Labute approximate surface area is 116 Å². The lowest BCUT2D eigenvalue weighted by Crippen LogP contribution is -2.38. The molecule has 0 aliphatic heterocycles. The van der Waals surface area contributed by atoms with Gasteiger partial charge in [0.1, 0.15) is 5.82 Å². The highest BCUT2D eigenvalue weighted by Gasteiger charge is 2.32. The minimum Gasteiger partial charge on any atom is -0.383 e. The minimum atomic E-state index is 0.0438. The fourth-order valence-corrected chi connectivity index (χ4v) is 2.42. The average molecular weight is 263 g/mol. The number of pyridine rings is 1. The first kappa shape index (κ1) is 14.3. The predicted octanol–water partition coefficient (Wildman–Crippen LogP) is 2.35. The van der Waals surface area contributed by atoms with Gasteiger partial charge in [-0.3, -0.25) is 0 Å². The monoisotopic (exact) mass is 263 g/mol. The van der Waals surface area contributed by atoms with Gasteiger partial charge >= 0.3 is 0 Å². The van der Waals surface area contributed by atoms with Crippen LogP contribution in [0.25, 0.3) is 0 Å². The predicted molar refractivity (Wildman–Crippen MR) is 78.2 cm³/mol. The van der Waals surface area contributed by atoms with E-state index in [9.17, 15) is 0 Å². The van der Waals surface area contributed by atoms with Gasteiger partial charge < -0.3 is 15.4 Å². The van der Waals surface area contributed by atoms with Crippen LogP contribution < -0.4 is 10.6 Å². The zero-order valence-corrected chi connectivity index (χ0v) is 12.2. The summed E-state index contributed by atoms with van der Waals surface area (Å²) in [6, 6.07) is 4.66. The molecule has 1 aliphatic carbocycles. The summed E-state index contributed by atoms with van der Waals surface area (Å²) < 4.78 is 5.23. The van der Waals surface area contributed by atoms with Gasteiger partial charge in [0.05, 0.1) is 6.61 Å². The molecule has 4 heteroatoms. The summed E-state index contributed by atoms with van der Waals surface area (Å²) in [6.07, 6.45) is 4.52. The van der Waals surface area contributed by atoms with Crippen molar-refractivity contribution in [2.45, 2.75) is 38.8 Å². The van der Waals surface area contributed by atoms with Crippen LogP contribution in [0.2, 0.25) is 0 Å². The normalized spacial score (nSPS) is 18.1. The van der Waals surface area contributed by atoms with Crippen LogP contribution in [0.3, 0.4) is 0 Å². The highest BCUT2D eigenvalue weighted by Crippen LogP contribution is 2.36. The van der Waals surface area contributed by atoms with Crippen LogP contribution >= 0.6 is 0 Å². The van der Waals surface area contributed by atoms with Gasteiger partial charge in [-0.1, -0.05) is 0 Å². The quantitative estimate of drug-likeness (QED) is 0.820. The third-order valence-corrected chi connectivity index (χ3v) is 3.92. The van der Waals surface area contributed by atoms with Crippen molar-refractivity contribution in [3.05, 3.63) is 23.9 Å². The van der Waals surface area contributed by atoms with Crippen molar-refractivity contribution in [2.24, 2.45) is 11.7 Å². The molecule has 0 aromatic carbocycles. The van der Waals surface area contributed by atoms with E-state index >= 15 is 0 Å². The number of anilines is 1. The van der Waals surface area contributed by atoms with E-state index in [0.717, 1.165) is 30.5 Å². The highest BCUT2D eigenvalue weighted by atomic mass is 16.5. The molecule has 1 fully saturated rings. The molecule has 0 radical (unpaired) electrons. The smallest absolute Gasteiger partial charge is 0.129 e. The largest absolute Gasteiger partial charge is 0.383 e. The van der Waals surface area contributed by atoms with E-state index in [1.54, 1.807) is 7.11 Å². The first-order valence-corrected chi connectivity index (χ1v) is 7.10. The number of nitrogens with zero attached hydrogens (tertiary/aromatic N) is 2. The second-order valence-corrected chi connectivity index (χ2v) is 5.50. The van der Waals surface area contributed by atoms with E-state index in [4.69, 9.17) is 10.5 Å². The Balaban J connectivity index is 2.18. The standard InChI is InChI=1S/C15H25N3O/c1-11(16)14-6-7-17-15(10-14)18(8-9-19-3)12(2)13-4-5-13/h6-7,10-13H,4-5,8-9,16H2,1-3H3/t11-,12?/m0/s1. The molecular formula is C15H25N3O.